The van der Waals surface area contributed by atoms with E-state index in [4.69, 9.17) is 0 Å². The smallest absolute Gasteiger partial charge is 0.305 e. The molecule has 0 N–H and O–H groups in total. The van der Waals surface area contributed by atoms with Gasteiger partial charge in [-0.3, -0.25) is 4.79 Å². The number of aryl methyl sites for hydroxylation is 1. The zero-order chi connectivity index (χ0) is 13.0. The van der Waals surface area contributed by atoms with Gasteiger partial charge < -0.3 is 9.64 Å². The van der Waals surface area contributed by atoms with Crippen LogP contribution in [0.2, 0.25) is 0 Å². The molecule has 0 radical (unpaired) electrons. The molecule has 0 aromatic heterocycles. The molecule has 3 nitrogen and oxygen atoms in total. The van der Waals surface area contributed by atoms with Crippen molar-refractivity contribution in [1.29, 1.82) is 0 Å². The van der Waals surface area contributed by atoms with Crippen LogP contribution in [0.1, 0.15) is 29.9 Å². The molecule has 1 saturated heterocycles. The highest BCUT2D eigenvalue weighted by molar-refractivity contribution is 5.69. The molecule has 1 fully saturated rings. The highest BCUT2D eigenvalue weighted by atomic mass is 16.5. The van der Waals surface area contributed by atoms with E-state index in [1.165, 1.54) is 31.2 Å². The summed E-state index contributed by atoms with van der Waals surface area (Å²) in [6.07, 6.45) is 2.46. The van der Waals surface area contributed by atoms with Gasteiger partial charge in [0.1, 0.15) is 0 Å². The first-order valence-electron chi connectivity index (χ1n) is 6.53. The van der Waals surface area contributed by atoms with E-state index in [1.807, 2.05) is 0 Å². The molecule has 0 bridgehead atoms. The molecule has 1 aromatic carbocycles. The molecule has 98 valence electrons. The lowest BCUT2D eigenvalue weighted by Crippen LogP contribution is -2.13. The number of hydrogen-bond acceptors (Lipinski definition) is 3. The number of benzene rings is 1. The van der Waals surface area contributed by atoms with Crippen molar-refractivity contribution in [2.24, 2.45) is 0 Å². The van der Waals surface area contributed by atoms with Crippen LogP contribution in [-0.2, 0) is 16.0 Å². The molecule has 18 heavy (non-hydrogen) atoms. The van der Waals surface area contributed by atoms with Gasteiger partial charge in [-0.1, -0.05) is 24.3 Å². The summed E-state index contributed by atoms with van der Waals surface area (Å²) >= 11 is 0. The summed E-state index contributed by atoms with van der Waals surface area (Å²) in [5.74, 6) is 0.508. The Morgan fingerprint density at radius 2 is 2.33 bits per heavy atom. The highest BCUT2D eigenvalue weighted by Gasteiger charge is 2.20. The van der Waals surface area contributed by atoms with Gasteiger partial charge in [0.25, 0.3) is 0 Å². The van der Waals surface area contributed by atoms with E-state index < -0.39 is 0 Å². The van der Waals surface area contributed by atoms with Gasteiger partial charge in [-0.15, -0.1) is 0 Å². The van der Waals surface area contributed by atoms with Crippen LogP contribution in [0.25, 0.3) is 0 Å². The topological polar surface area (TPSA) is 29.5 Å². The number of carbonyl (C=O) groups is 1. The summed E-state index contributed by atoms with van der Waals surface area (Å²) in [5.41, 5.74) is 2.63. The summed E-state index contributed by atoms with van der Waals surface area (Å²) in [6, 6.07) is 8.63. The first-order valence-corrected chi connectivity index (χ1v) is 6.53. The van der Waals surface area contributed by atoms with Crippen molar-refractivity contribution in [2.75, 3.05) is 27.2 Å². The lowest BCUT2D eigenvalue weighted by Gasteiger charge is -2.12. The largest absolute Gasteiger partial charge is 0.469 e. The average Bonchev–Trinajstić information content (AvgIpc) is 2.83. The van der Waals surface area contributed by atoms with Crippen molar-refractivity contribution >= 4 is 5.97 Å². The maximum Gasteiger partial charge on any atom is 0.305 e. The van der Waals surface area contributed by atoms with Crippen LogP contribution < -0.4 is 0 Å². The first-order chi connectivity index (χ1) is 8.69. The highest BCUT2D eigenvalue weighted by Crippen LogP contribution is 2.26. The first kappa shape index (κ1) is 13.1. The standard InChI is InChI=1S/C15H21NO2/c1-16-9-8-14(11-16)13-5-3-4-12(10-13)6-7-15(17)18-2/h3-5,10,14H,6-9,11H2,1-2H3. The Bertz CT molecular complexity index is 417. The lowest BCUT2D eigenvalue weighted by molar-refractivity contribution is -0.140. The summed E-state index contributed by atoms with van der Waals surface area (Å²) in [7, 11) is 3.61. The molecule has 0 amide bonds. The fourth-order valence-corrected chi connectivity index (χ4v) is 2.56. The Labute approximate surface area is 109 Å². The van der Waals surface area contributed by atoms with Crippen molar-refractivity contribution in [3.8, 4) is 0 Å². The number of methoxy groups -OCH3 is 1. The molecule has 2 rings (SSSR count). The van der Waals surface area contributed by atoms with Crippen LogP contribution in [0.5, 0.6) is 0 Å². The normalized spacial score (nSPS) is 20.0. The average molecular weight is 247 g/mol. The third kappa shape index (κ3) is 3.33. The number of ether oxygens (including phenoxy) is 1. The Morgan fingerprint density at radius 3 is 3.00 bits per heavy atom. The molecule has 1 aliphatic rings. The third-order valence-electron chi connectivity index (χ3n) is 3.66. The van der Waals surface area contributed by atoms with Gasteiger partial charge in [-0.2, -0.15) is 0 Å². The molecule has 1 aliphatic heterocycles. The quantitative estimate of drug-likeness (QED) is 0.764. The maximum atomic E-state index is 11.1. The van der Waals surface area contributed by atoms with Gasteiger partial charge in [0, 0.05) is 13.0 Å². The lowest BCUT2D eigenvalue weighted by atomic mass is 9.95. The molecule has 1 heterocycles. The summed E-state index contributed by atoms with van der Waals surface area (Å²) in [6.45, 7) is 2.32. The van der Waals surface area contributed by atoms with Gasteiger partial charge >= 0.3 is 5.97 Å². The predicted octanol–water partition coefficient (Wildman–Crippen LogP) is 2.21. The van der Waals surface area contributed by atoms with Gasteiger partial charge in [-0.05, 0) is 43.5 Å². The van der Waals surface area contributed by atoms with Gasteiger partial charge in [0.15, 0.2) is 0 Å². The van der Waals surface area contributed by atoms with E-state index in [1.54, 1.807) is 0 Å². The summed E-state index contributed by atoms with van der Waals surface area (Å²) in [4.78, 5) is 13.5. The molecule has 0 aliphatic carbocycles. The fraction of sp³-hybridized carbons (Fsp3) is 0.533. The van der Waals surface area contributed by atoms with E-state index in [-0.39, 0.29) is 5.97 Å². The zero-order valence-corrected chi connectivity index (χ0v) is 11.2. The molecular formula is C15H21NO2. The molecule has 1 unspecified atom stereocenters. The molecule has 0 spiro atoms. The van der Waals surface area contributed by atoms with E-state index >= 15 is 0 Å². The van der Waals surface area contributed by atoms with E-state index in [9.17, 15) is 4.79 Å². The Morgan fingerprint density at radius 1 is 1.50 bits per heavy atom. The van der Waals surface area contributed by atoms with Crippen LogP contribution in [0.3, 0.4) is 0 Å². The second-order valence-corrected chi connectivity index (χ2v) is 5.07. The minimum absolute atomic E-state index is 0.138. The number of carbonyl (C=O) groups excluding carboxylic acids is 1. The number of hydrogen-bond donors (Lipinski definition) is 0. The van der Waals surface area contributed by atoms with Crippen LogP contribution in [0.15, 0.2) is 24.3 Å². The van der Waals surface area contributed by atoms with Crippen LogP contribution in [0, 0.1) is 0 Å². The van der Waals surface area contributed by atoms with Crippen LogP contribution in [0.4, 0.5) is 0 Å². The van der Waals surface area contributed by atoms with Crippen LogP contribution >= 0.6 is 0 Å². The molecule has 1 atom stereocenters. The number of rotatable bonds is 4. The fourth-order valence-electron chi connectivity index (χ4n) is 2.56. The monoisotopic (exact) mass is 247 g/mol. The summed E-state index contributed by atoms with van der Waals surface area (Å²) in [5, 5.41) is 0. The minimum atomic E-state index is -0.138. The molecule has 3 heteroatoms. The summed E-state index contributed by atoms with van der Waals surface area (Å²) < 4.78 is 4.67. The van der Waals surface area contributed by atoms with Crippen molar-refractivity contribution in [3.05, 3.63) is 35.4 Å². The Kier molecular flexibility index (Phi) is 4.37. The number of likely N-dealkylation sites (N-methyl/N-ethyl adjacent to an activating group) is 1. The van der Waals surface area contributed by atoms with Gasteiger partial charge in [0.2, 0.25) is 0 Å². The van der Waals surface area contributed by atoms with Crippen molar-refractivity contribution < 1.29 is 9.53 Å². The van der Waals surface area contributed by atoms with Crippen LogP contribution in [-0.4, -0.2) is 38.1 Å². The van der Waals surface area contributed by atoms with E-state index in [2.05, 4.69) is 40.9 Å². The minimum Gasteiger partial charge on any atom is -0.469 e. The molecule has 1 aromatic rings. The third-order valence-corrected chi connectivity index (χ3v) is 3.66. The van der Waals surface area contributed by atoms with Crippen molar-refractivity contribution in [2.45, 2.75) is 25.2 Å². The maximum absolute atomic E-state index is 11.1. The second-order valence-electron chi connectivity index (χ2n) is 5.07. The molecular weight excluding hydrogens is 226 g/mol. The predicted molar refractivity (Wildman–Crippen MR) is 71.6 cm³/mol. The number of esters is 1. The second kappa shape index (κ2) is 6.01. The number of likely N-dealkylation sites (tertiary alicyclic amines) is 1. The van der Waals surface area contributed by atoms with Crippen molar-refractivity contribution in [1.82, 2.24) is 4.90 Å². The van der Waals surface area contributed by atoms with Crippen molar-refractivity contribution in [3.63, 3.8) is 0 Å². The van der Waals surface area contributed by atoms with E-state index in [0.717, 1.165) is 13.0 Å². The number of nitrogens with zero attached hydrogens (tertiary/aromatic N) is 1. The van der Waals surface area contributed by atoms with Gasteiger partial charge in [0.05, 0.1) is 7.11 Å². The van der Waals surface area contributed by atoms with Gasteiger partial charge in [-0.25, -0.2) is 0 Å². The Balaban J connectivity index is 1.99. The molecule has 0 saturated carbocycles. The van der Waals surface area contributed by atoms with E-state index in [0.29, 0.717) is 12.3 Å². The zero-order valence-electron chi connectivity index (χ0n) is 11.2. The Hall–Kier alpha value is -1.35. The SMILES string of the molecule is COC(=O)CCc1cccc(C2CCN(C)C2)c1.